The van der Waals surface area contributed by atoms with Gasteiger partial charge in [0.2, 0.25) is 0 Å². The first-order valence-electron chi connectivity index (χ1n) is 5.67. The zero-order valence-electron chi connectivity index (χ0n) is 10.1. The number of ether oxygens (including phenoxy) is 1. The van der Waals surface area contributed by atoms with Gasteiger partial charge in [0.05, 0.1) is 18.1 Å². The van der Waals surface area contributed by atoms with Crippen LogP contribution in [0, 0.1) is 18.3 Å². The molecule has 0 saturated carbocycles. The summed E-state index contributed by atoms with van der Waals surface area (Å²) in [4.78, 5) is 10.8. The molecule has 1 heterocycles. The summed E-state index contributed by atoms with van der Waals surface area (Å²) < 4.78 is 5.83. The number of benzene rings is 1. The van der Waals surface area contributed by atoms with E-state index >= 15 is 0 Å². The molecule has 0 unspecified atom stereocenters. The highest BCUT2D eigenvalue weighted by Gasteiger charge is 2.41. The van der Waals surface area contributed by atoms with E-state index in [9.17, 15) is 4.79 Å². The molecule has 0 atom stereocenters. The zero-order chi connectivity index (χ0) is 13.2. The molecule has 18 heavy (non-hydrogen) atoms. The normalized spacial score (nSPS) is 16.4. The maximum absolute atomic E-state index is 10.8. The molecule has 2 rings (SSSR count). The van der Waals surface area contributed by atoms with Crippen LogP contribution in [0.3, 0.4) is 0 Å². The van der Waals surface area contributed by atoms with Gasteiger partial charge in [-0.3, -0.25) is 4.79 Å². The largest absolute Gasteiger partial charge is 0.484 e. The summed E-state index contributed by atoms with van der Waals surface area (Å²) in [6, 6.07) is 7.21. The molecule has 1 saturated heterocycles. The van der Waals surface area contributed by atoms with Crippen molar-refractivity contribution < 1.29 is 14.6 Å². The Morgan fingerprint density at radius 2 is 2.33 bits per heavy atom. The number of carboxylic acids is 1. The Labute approximate surface area is 105 Å². The summed E-state index contributed by atoms with van der Waals surface area (Å²) in [5.74, 6) is -0.303. The van der Waals surface area contributed by atoms with Crippen molar-refractivity contribution in [2.24, 2.45) is 0 Å². The molecular weight excluding hydrogens is 232 g/mol. The van der Waals surface area contributed by atoms with Crippen molar-refractivity contribution in [2.45, 2.75) is 18.9 Å². The van der Waals surface area contributed by atoms with Crippen molar-refractivity contribution in [1.82, 2.24) is 5.32 Å². The molecule has 1 aliphatic rings. The first-order chi connectivity index (χ1) is 8.54. The quantitative estimate of drug-likeness (QED) is 0.830. The Hall–Kier alpha value is -2.06. The van der Waals surface area contributed by atoms with E-state index in [-0.39, 0.29) is 6.42 Å². The number of rotatable bonds is 4. The monoisotopic (exact) mass is 246 g/mol. The highest BCUT2D eigenvalue weighted by Crippen LogP contribution is 2.28. The van der Waals surface area contributed by atoms with Crippen LogP contribution in [-0.2, 0) is 4.79 Å². The minimum atomic E-state index is -0.884. The number of hydrogen-bond donors (Lipinski definition) is 2. The topological polar surface area (TPSA) is 82.3 Å². The Kier molecular flexibility index (Phi) is 3.21. The van der Waals surface area contributed by atoms with Gasteiger partial charge in [-0.15, -0.1) is 0 Å². The van der Waals surface area contributed by atoms with Gasteiger partial charge >= 0.3 is 5.97 Å². The lowest BCUT2D eigenvalue weighted by Crippen LogP contribution is -2.64. The third-order valence-electron chi connectivity index (χ3n) is 3.01. The molecule has 5 heteroatoms. The first kappa shape index (κ1) is 12.4. The average Bonchev–Trinajstić information content (AvgIpc) is 2.28. The van der Waals surface area contributed by atoms with E-state index in [4.69, 9.17) is 15.1 Å². The maximum atomic E-state index is 10.8. The number of hydrogen-bond acceptors (Lipinski definition) is 4. The third kappa shape index (κ3) is 2.44. The van der Waals surface area contributed by atoms with Gasteiger partial charge in [-0.1, -0.05) is 6.07 Å². The lowest BCUT2D eigenvalue weighted by molar-refractivity contribution is -0.143. The fourth-order valence-corrected chi connectivity index (χ4v) is 1.93. The van der Waals surface area contributed by atoms with Gasteiger partial charge in [-0.05, 0) is 24.6 Å². The van der Waals surface area contributed by atoms with E-state index in [0.717, 1.165) is 5.56 Å². The lowest BCUT2D eigenvalue weighted by atomic mass is 9.92. The molecule has 1 aromatic carbocycles. The van der Waals surface area contributed by atoms with Gasteiger partial charge in [0, 0.05) is 13.1 Å². The Morgan fingerprint density at radius 3 is 2.83 bits per heavy atom. The van der Waals surface area contributed by atoms with Gasteiger partial charge in [-0.25, -0.2) is 0 Å². The van der Waals surface area contributed by atoms with Crippen molar-refractivity contribution in [3.05, 3.63) is 29.3 Å². The van der Waals surface area contributed by atoms with E-state index in [0.29, 0.717) is 24.4 Å². The molecule has 0 aromatic heterocycles. The van der Waals surface area contributed by atoms with Gasteiger partial charge in [0.25, 0.3) is 0 Å². The molecule has 0 radical (unpaired) electrons. The van der Waals surface area contributed by atoms with Gasteiger partial charge in [0.1, 0.15) is 11.4 Å². The highest BCUT2D eigenvalue weighted by atomic mass is 16.5. The fourth-order valence-electron chi connectivity index (χ4n) is 1.93. The molecule has 0 spiro atoms. The fraction of sp³-hybridized carbons (Fsp3) is 0.385. The SMILES string of the molecule is Cc1ccc(C#N)cc1OC1(CC(=O)O)CNC1. The van der Waals surface area contributed by atoms with Crippen molar-refractivity contribution in [3.8, 4) is 11.8 Å². The van der Waals surface area contributed by atoms with Crippen molar-refractivity contribution in [3.63, 3.8) is 0 Å². The van der Waals surface area contributed by atoms with Crippen LogP contribution < -0.4 is 10.1 Å². The molecule has 0 bridgehead atoms. The second kappa shape index (κ2) is 4.67. The van der Waals surface area contributed by atoms with E-state index in [1.54, 1.807) is 18.2 Å². The zero-order valence-corrected chi connectivity index (χ0v) is 10.1. The minimum absolute atomic E-state index is 0.0454. The Balaban J connectivity index is 2.22. The van der Waals surface area contributed by atoms with Crippen molar-refractivity contribution in [2.75, 3.05) is 13.1 Å². The number of nitrogens with zero attached hydrogens (tertiary/aromatic N) is 1. The van der Waals surface area contributed by atoms with Crippen LogP contribution in [0.4, 0.5) is 0 Å². The molecule has 0 aliphatic carbocycles. The third-order valence-corrected chi connectivity index (χ3v) is 3.01. The van der Waals surface area contributed by atoms with Crippen molar-refractivity contribution in [1.29, 1.82) is 5.26 Å². The molecule has 5 nitrogen and oxygen atoms in total. The maximum Gasteiger partial charge on any atom is 0.307 e. The molecule has 94 valence electrons. The molecule has 1 fully saturated rings. The summed E-state index contributed by atoms with van der Waals surface area (Å²) in [6.07, 6.45) is -0.0454. The van der Waals surface area contributed by atoms with E-state index in [1.807, 2.05) is 13.0 Å². The molecule has 2 N–H and O–H groups in total. The van der Waals surface area contributed by atoms with Crippen LogP contribution in [0.25, 0.3) is 0 Å². The second-order valence-corrected chi connectivity index (χ2v) is 4.55. The Morgan fingerprint density at radius 1 is 1.61 bits per heavy atom. The molecule has 0 amide bonds. The van der Waals surface area contributed by atoms with E-state index in [1.165, 1.54) is 0 Å². The first-order valence-corrected chi connectivity index (χ1v) is 5.67. The van der Waals surface area contributed by atoms with E-state index < -0.39 is 11.6 Å². The lowest BCUT2D eigenvalue weighted by Gasteiger charge is -2.41. The Bertz CT molecular complexity index is 515. The van der Waals surface area contributed by atoms with Crippen LogP contribution >= 0.6 is 0 Å². The van der Waals surface area contributed by atoms with E-state index in [2.05, 4.69) is 5.32 Å². The predicted molar refractivity (Wildman–Crippen MR) is 64.4 cm³/mol. The summed E-state index contributed by atoms with van der Waals surface area (Å²) in [5.41, 5.74) is 0.712. The number of carboxylic acid groups (broad SMARTS) is 1. The summed E-state index contributed by atoms with van der Waals surface area (Å²) in [6.45, 7) is 2.89. The number of carbonyl (C=O) groups is 1. The van der Waals surface area contributed by atoms with Crippen LogP contribution in [0.5, 0.6) is 5.75 Å². The number of nitriles is 1. The van der Waals surface area contributed by atoms with Crippen LogP contribution in [0.2, 0.25) is 0 Å². The summed E-state index contributed by atoms with van der Waals surface area (Å²) in [7, 11) is 0. The van der Waals surface area contributed by atoms with Gasteiger partial charge < -0.3 is 15.2 Å². The number of aliphatic carboxylic acids is 1. The minimum Gasteiger partial charge on any atom is -0.484 e. The van der Waals surface area contributed by atoms with Gasteiger partial charge in [0.15, 0.2) is 0 Å². The summed E-state index contributed by atoms with van der Waals surface area (Å²) in [5, 5.41) is 20.8. The van der Waals surface area contributed by atoms with Crippen LogP contribution in [0.15, 0.2) is 18.2 Å². The average molecular weight is 246 g/mol. The molecule has 1 aliphatic heterocycles. The van der Waals surface area contributed by atoms with Gasteiger partial charge in [-0.2, -0.15) is 5.26 Å². The van der Waals surface area contributed by atoms with Crippen LogP contribution in [-0.4, -0.2) is 29.8 Å². The molecular formula is C13H14N2O3. The number of aryl methyl sites for hydroxylation is 1. The second-order valence-electron chi connectivity index (χ2n) is 4.55. The predicted octanol–water partition coefficient (Wildman–Crippen LogP) is 1.06. The highest BCUT2D eigenvalue weighted by molar-refractivity contribution is 5.68. The van der Waals surface area contributed by atoms with Crippen LogP contribution in [0.1, 0.15) is 17.5 Å². The summed E-state index contributed by atoms with van der Waals surface area (Å²) >= 11 is 0. The number of nitrogens with one attached hydrogen (secondary N) is 1. The smallest absolute Gasteiger partial charge is 0.307 e. The molecule has 1 aromatic rings. The standard InChI is InChI=1S/C13H14N2O3/c1-9-2-3-10(6-14)4-11(9)18-13(5-12(16)17)7-15-8-13/h2-4,15H,5,7-8H2,1H3,(H,16,17). The van der Waals surface area contributed by atoms with Crippen molar-refractivity contribution >= 4 is 5.97 Å².